The highest BCUT2D eigenvalue weighted by Crippen LogP contribution is 2.13. The van der Waals surface area contributed by atoms with Crippen LogP contribution in [0.25, 0.3) is 0 Å². The smallest absolute Gasteiger partial charge is 0.213 e. The molecule has 0 fully saturated rings. The Morgan fingerprint density at radius 1 is 1.62 bits per heavy atom. The highest BCUT2D eigenvalue weighted by molar-refractivity contribution is 5.80. The molecule has 5 N–H and O–H groups in total. The molecule has 6 heteroatoms. The molecule has 1 rings (SSSR count). The van der Waals surface area contributed by atoms with Gasteiger partial charge in [-0.05, 0) is 6.07 Å². The molecule has 6 nitrogen and oxygen atoms in total. The number of hydrazine groups is 1. The van der Waals surface area contributed by atoms with Gasteiger partial charge < -0.3 is 10.5 Å². The molecule has 0 saturated heterocycles. The van der Waals surface area contributed by atoms with Crippen molar-refractivity contribution in [3.63, 3.8) is 0 Å². The van der Waals surface area contributed by atoms with E-state index in [0.717, 1.165) is 0 Å². The number of nitrogens with zero attached hydrogens (tertiary/aromatic N) is 2. The van der Waals surface area contributed by atoms with Crippen LogP contribution in [0.5, 0.6) is 5.88 Å². The molecule has 1 aromatic rings. The average molecular weight is 181 g/mol. The third kappa shape index (κ3) is 2.60. The maximum absolute atomic E-state index is 5.33. The normalized spacial score (nSPS) is 11.1. The number of methoxy groups -OCH3 is 1. The quantitative estimate of drug-likeness (QED) is 0.247. The largest absolute Gasteiger partial charge is 0.481 e. The van der Waals surface area contributed by atoms with E-state index in [1.165, 1.54) is 6.20 Å². The van der Waals surface area contributed by atoms with Gasteiger partial charge in [0.1, 0.15) is 0 Å². The van der Waals surface area contributed by atoms with E-state index in [0.29, 0.717) is 11.6 Å². The zero-order chi connectivity index (χ0) is 9.68. The summed E-state index contributed by atoms with van der Waals surface area (Å²) in [7, 11) is 1.54. The Morgan fingerprint density at radius 3 is 2.85 bits per heavy atom. The molecule has 0 atom stereocenters. The third-order valence-electron chi connectivity index (χ3n) is 1.33. The van der Waals surface area contributed by atoms with Crippen LogP contribution in [0.2, 0.25) is 0 Å². The van der Waals surface area contributed by atoms with Gasteiger partial charge in [0.2, 0.25) is 11.8 Å². The summed E-state index contributed by atoms with van der Waals surface area (Å²) < 4.78 is 4.87. The molecule has 0 aliphatic rings. The zero-order valence-electron chi connectivity index (χ0n) is 7.19. The summed E-state index contributed by atoms with van der Waals surface area (Å²) in [6.07, 6.45) is 1.53. The topological polar surface area (TPSA) is 98.5 Å². The van der Waals surface area contributed by atoms with Gasteiger partial charge in [0, 0.05) is 6.07 Å². The van der Waals surface area contributed by atoms with E-state index in [2.05, 4.69) is 15.4 Å². The van der Waals surface area contributed by atoms with Gasteiger partial charge in [-0.15, -0.1) is 0 Å². The molecule has 0 bridgehead atoms. The summed E-state index contributed by atoms with van der Waals surface area (Å²) in [5, 5.41) is 0. The van der Waals surface area contributed by atoms with Crippen molar-refractivity contribution >= 4 is 11.6 Å². The van der Waals surface area contributed by atoms with E-state index in [-0.39, 0.29) is 5.96 Å². The van der Waals surface area contributed by atoms with Crippen LogP contribution in [0.3, 0.4) is 0 Å². The van der Waals surface area contributed by atoms with Crippen LogP contribution in [-0.2, 0) is 0 Å². The molecule has 0 saturated carbocycles. The lowest BCUT2D eigenvalue weighted by molar-refractivity contribution is 0.398. The van der Waals surface area contributed by atoms with Crippen molar-refractivity contribution in [2.75, 3.05) is 7.11 Å². The van der Waals surface area contributed by atoms with Gasteiger partial charge in [0.05, 0.1) is 19.0 Å². The van der Waals surface area contributed by atoms with E-state index in [1.807, 2.05) is 0 Å². The predicted octanol–water partition coefficient (Wildman–Crippen LogP) is -0.500. The van der Waals surface area contributed by atoms with Gasteiger partial charge in [-0.3, -0.25) is 5.43 Å². The molecule has 0 spiro atoms. The first-order valence-electron chi connectivity index (χ1n) is 3.57. The minimum atomic E-state index is 0.131. The first-order valence-corrected chi connectivity index (χ1v) is 3.57. The summed E-state index contributed by atoms with van der Waals surface area (Å²) in [6, 6.07) is 3.40. The number of hydrogen-bond donors (Lipinski definition) is 3. The number of rotatable bonds is 2. The average Bonchev–Trinajstić information content (AvgIpc) is 2.19. The lowest BCUT2D eigenvalue weighted by Gasteiger charge is -1.99. The Bertz CT molecular complexity index is 294. The molecule has 0 aliphatic carbocycles. The number of nitrogens with one attached hydrogen (secondary N) is 1. The monoisotopic (exact) mass is 181 g/mol. The van der Waals surface area contributed by atoms with Crippen LogP contribution in [0.1, 0.15) is 0 Å². The standard InChI is InChI=1S/C7H11N5O/c1-13-6-3-2-5(4-10-6)11-7(8)12-9/h2-4H,9H2,1H3,(H3,8,11,12). The summed E-state index contributed by atoms with van der Waals surface area (Å²) >= 11 is 0. The molecule has 70 valence electrons. The van der Waals surface area contributed by atoms with Crippen molar-refractivity contribution in [2.45, 2.75) is 0 Å². The molecule has 0 aromatic carbocycles. The number of pyridine rings is 1. The van der Waals surface area contributed by atoms with E-state index < -0.39 is 0 Å². The van der Waals surface area contributed by atoms with Crippen LogP contribution >= 0.6 is 0 Å². The maximum atomic E-state index is 5.33. The number of aromatic nitrogens is 1. The second-order valence-corrected chi connectivity index (χ2v) is 2.20. The van der Waals surface area contributed by atoms with E-state index in [4.69, 9.17) is 16.3 Å². The molecule has 0 radical (unpaired) electrons. The third-order valence-corrected chi connectivity index (χ3v) is 1.33. The van der Waals surface area contributed by atoms with Gasteiger partial charge in [-0.25, -0.2) is 15.8 Å². The van der Waals surface area contributed by atoms with Crippen molar-refractivity contribution < 1.29 is 4.74 Å². The Kier molecular flexibility index (Phi) is 3.04. The second kappa shape index (κ2) is 4.27. The Labute approximate surface area is 75.6 Å². The molecule has 0 amide bonds. The van der Waals surface area contributed by atoms with E-state index in [1.54, 1.807) is 19.2 Å². The number of ether oxygens (including phenoxy) is 1. The SMILES string of the molecule is COc1ccc(N=C(N)NN)cn1. The van der Waals surface area contributed by atoms with Crippen LogP contribution in [0.15, 0.2) is 23.3 Å². The fraction of sp³-hybridized carbons (Fsp3) is 0.143. The van der Waals surface area contributed by atoms with Crippen molar-refractivity contribution in [1.29, 1.82) is 0 Å². The van der Waals surface area contributed by atoms with Crippen LogP contribution in [0, 0.1) is 0 Å². The van der Waals surface area contributed by atoms with Gasteiger partial charge >= 0.3 is 0 Å². The second-order valence-electron chi connectivity index (χ2n) is 2.20. The molecule has 0 aliphatic heterocycles. The van der Waals surface area contributed by atoms with Crippen LogP contribution in [-0.4, -0.2) is 18.1 Å². The summed E-state index contributed by atoms with van der Waals surface area (Å²) in [5.41, 5.74) is 8.15. The van der Waals surface area contributed by atoms with Gasteiger partial charge in [0.25, 0.3) is 0 Å². The first kappa shape index (κ1) is 9.27. The van der Waals surface area contributed by atoms with E-state index in [9.17, 15) is 0 Å². The zero-order valence-corrected chi connectivity index (χ0v) is 7.19. The summed E-state index contributed by atoms with van der Waals surface area (Å²) in [5.74, 6) is 5.68. The van der Waals surface area contributed by atoms with Gasteiger partial charge in [0.15, 0.2) is 0 Å². The fourth-order valence-electron chi connectivity index (χ4n) is 0.731. The van der Waals surface area contributed by atoms with Crippen molar-refractivity contribution in [3.05, 3.63) is 18.3 Å². The van der Waals surface area contributed by atoms with Crippen LogP contribution in [0.4, 0.5) is 5.69 Å². The minimum Gasteiger partial charge on any atom is -0.481 e. The van der Waals surface area contributed by atoms with E-state index >= 15 is 0 Å². The predicted molar refractivity (Wildman–Crippen MR) is 49.4 cm³/mol. The number of aliphatic imine (C=N–C) groups is 1. The molecule has 0 unspecified atom stereocenters. The molecule has 1 aromatic heterocycles. The highest BCUT2D eigenvalue weighted by Gasteiger charge is 1.93. The Morgan fingerprint density at radius 2 is 2.38 bits per heavy atom. The number of nitrogens with two attached hydrogens (primary N) is 2. The molecule has 13 heavy (non-hydrogen) atoms. The Balaban J connectivity index is 2.80. The van der Waals surface area contributed by atoms with Crippen molar-refractivity contribution in [2.24, 2.45) is 16.6 Å². The summed E-state index contributed by atoms with van der Waals surface area (Å²) in [4.78, 5) is 7.82. The van der Waals surface area contributed by atoms with Gasteiger partial charge in [-0.2, -0.15) is 0 Å². The molecular weight excluding hydrogens is 170 g/mol. The lowest BCUT2D eigenvalue weighted by Crippen LogP contribution is -2.36. The molecule has 1 heterocycles. The van der Waals surface area contributed by atoms with Crippen LogP contribution < -0.4 is 21.7 Å². The van der Waals surface area contributed by atoms with Crippen molar-refractivity contribution in [3.8, 4) is 5.88 Å². The number of hydrogen-bond acceptors (Lipinski definition) is 4. The fourth-order valence-corrected chi connectivity index (χ4v) is 0.731. The first-order chi connectivity index (χ1) is 6.26. The minimum absolute atomic E-state index is 0.131. The van der Waals surface area contributed by atoms with Crippen molar-refractivity contribution in [1.82, 2.24) is 10.4 Å². The lowest BCUT2D eigenvalue weighted by atomic mass is 10.4. The number of guanidine groups is 1. The summed E-state index contributed by atoms with van der Waals surface area (Å²) in [6.45, 7) is 0. The Hall–Kier alpha value is -1.82. The maximum Gasteiger partial charge on any atom is 0.213 e. The highest BCUT2D eigenvalue weighted by atomic mass is 16.5. The van der Waals surface area contributed by atoms with Gasteiger partial charge in [-0.1, -0.05) is 0 Å². The molecular formula is C7H11N5O.